The molecule has 1 atom stereocenters. The smallest absolute Gasteiger partial charge is 0.0715 e. The highest BCUT2D eigenvalue weighted by Crippen LogP contribution is 2.58. The van der Waals surface area contributed by atoms with E-state index in [1.54, 1.807) is 0 Å². The Balaban J connectivity index is 1.25. The minimum atomic E-state index is -0.577. The third-order valence-electron chi connectivity index (χ3n) is 12.0. The number of aromatic nitrogens is 1. The molecule has 2 heteroatoms. The number of pyridine rings is 1. The Morgan fingerprint density at radius 3 is 1.80 bits per heavy atom. The van der Waals surface area contributed by atoms with E-state index in [0.717, 1.165) is 21.8 Å². The number of benzene rings is 7. The number of nitrogens with one attached hydrogen (secondary N) is 1. The SMILES string of the molecule is Cc1cccc(C2(c3cccc(C)c3)c3cc(C4=C5C=CC=CC5Nc5ccccc54)ccc3-c3ccc(-c4c5ccccc5nc5ccccc45)cc32)c1. The van der Waals surface area contributed by atoms with Gasteiger partial charge in [-0.25, -0.2) is 4.98 Å². The Hall–Kier alpha value is -6.77. The molecule has 0 spiro atoms. The van der Waals surface area contributed by atoms with Gasteiger partial charge in [0.05, 0.1) is 22.5 Å². The molecule has 0 bridgehead atoms. The third kappa shape index (κ3) is 4.71. The van der Waals surface area contributed by atoms with Crippen LogP contribution in [0, 0.1) is 13.8 Å². The molecule has 7 aromatic carbocycles. The molecule has 1 aromatic heterocycles. The van der Waals surface area contributed by atoms with E-state index < -0.39 is 5.41 Å². The average molecular weight is 703 g/mol. The predicted octanol–water partition coefficient (Wildman–Crippen LogP) is 12.8. The summed E-state index contributed by atoms with van der Waals surface area (Å²) >= 11 is 0. The molecule has 2 aliphatic carbocycles. The quantitative estimate of drug-likeness (QED) is 0.185. The summed E-state index contributed by atoms with van der Waals surface area (Å²) in [6.07, 6.45) is 8.88. The van der Waals surface area contributed by atoms with E-state index in [1.807, 2.05) is 0 Å². The number of nitrogens with zero attached hydrogens (tertiary/aromatic N) is 1. The Kier molecular flexibility index (Phi) is 7.00. The van der Waals surface area contributed by atoms with Crippen LogP contribution in [0.1, 0.15) is 44.5 Å². The molecule has 2 nitrogen and oxygen atoms in total. The summed E-state index contributed by atoms with van der Waals surface area (Å²) in [4.78, 5) is 5.09. The lowest BCUT2D eigenvalue weighted by Crippen LogP contribution is -2.29. The minimum Gasteiger partial charge on any atom is -0.374 e. The van der Waals surface area contributed by atoms with Crippen molar-refractivity contribution in [2.45, 2.75) is 25.3 Å². The van der Waals surface area contributed by atoms with Crippen LogP contribution < -0.4 is 5.32 Å². The van der Waals surface area contributed by atoms with Gasteiger partial charge in [0.1, 0.15) is 0 Å². The Bertz CT molecular complexity index is 2890. The summed E-state index contributed by atoms with van der Waals surface area (Å²) in [6.45, 7) is 4.43. The first kappa shape index (κ1) is 31.7. The topological polar surface area (TPSA) is 24.9 Å². The highest BCUT2D eigenvalue weighted by atomic mass is 14.9. The number of fused-ring (bicyclic) bond motifs is 7. The van der Waals surface area contributed by atoms with Crippen molar-refractivity contribution in [3.63, 3.8) is 0 Å². The number of hydrogen-bond acceptors (Lipinski definition) is 2. The van der Waals surface area contributed by atoms with E-state index >= 15 is 0 Å². The van der Waals surface area contributed by atoms with Gasteiger partial charge in [0, 0.05) is 27.6 Å². The van der Waals surface area contributed by atoms with Gasteiger partial charge in [-0.05, 0) is 99.8 Å². The van der Waals surface area contributed by atoms with Gasteiger partial charge < -0.3 is 5.32 Å². The molecule has 1 N–H and O–H groups in total. The standard InChI is InChI=1S/C53H38N2/c1-33-13-11-15-37(29-33)53(38-16-12-14-34(2)30-38)45-31-35(51-41-17-3-7-21-47(41)54-48-22-8-4-18-42(48)51)25-27-39(45)40-28-26-36(32-46(40)53)52-43-19-5-9-23-49(43)55-50-24-10-6-20-44(50)52/h3-32,47,54H,1-2H3. The van der Waals surface area contributed by atoms with E-state index in [2.05, 4.69) is 201 Å². The number of para-hydroxylation sites is 3. The van der Waals surface area contributed by atoms with Crippen LogP contribution in [0.5, 0.6) is 0 Å². The van der Waals surface area contributed by atoms with Crippen LogP contribution in [-0.2, 0) is 5.41 Å². The van der Waals surface area contributed by atoms with Gasteiger partial charge in [-0.1, -0.05) is 163 Å². The minimum absolute atomic E-state index is 0.117. The molecule has 0 fully saturated rings. The van der Waals surface area contributed by atoms with Crippen molar-refractivity contribution in [2.75, 3.05) is 5.32 Å². The molecule has 0 saturated heterocycles. The van der Waals surface area contributed by atoms with Crippen LogP contribution in [0.3, 0.4) is 0 Å². The molecule has 8 aromatic rings. The molecule has 260 valence electrons. The van der Waals surface area contributed by atoms with Crippen LogP contribution in [0.15, 0.2) is 188 Å². The molecule has 0 saturated carbocycles. The first-order chi connectivity index (χ1) is 27.1. The number of rotatable bonds is 4. The van der Waals surface area contributed by atoms with Gasteiger partial charge in [-0.2, -0.15) is 0 Å². The molecule has 11 rings (SSSR count). The second kappa shape index (κ2) is 12.1. The van der Waals surface area contributed by atoms with Crippen molar-refractivity contribution < 1.29 is 0 Å². The summed E-state index contributed by atoms with van der Waals surface area (Å²) in [5.41, 5.74) is 20.3. The van der Waals surface area contributed by atoms with Crippen LogP contribution in [0.25, 0.3) is 49.6 Å². The molecule has 0 amide bonds. The predicted molar refractivity (Wildman–Crippen MR) is 230 cm³/mol. The summed E-state index contributed by atoms with van der Waals surface area (Å²) in [5.74, 6) is 0. The lowest BCUT2D eigenvalue weighted by atomic mass is 9.66. The van der Waals surface area contributed by atoms with Crippen molar-refractivity contribution in [2.24, 2.45) is 0 Å². The second-order valence-corrected chi connectivity index (χ2v) is 15.3. The molecule has 1 unspecified atom stereocenters. The number of hydrogen-bond donors (Lipinski definition) is 1. The van der Waals surface area contributed by atoms with Crippen LogP contribution in [0.2, 0.25) is 0 Å². The summed E-state index contributed by atoms with van der Waals surface area (Å²) in [6, 6.07) is 58.9. The van der Waals surface area contributed by atoms with Gasteiger partial charge in [-0.3, -0.25) is 0 Å². The van der Waals surface area contributed by atoms with E-state index in [-0.39, 0.29) is 6.04 Å². The van der Waals surface area contributed by atoms with E-state index in [0.29, 0.717) is 0 Å². The second-order valence-electron chi connectivity index (χ2n) is 15.3. The van der Waals surface area contributed by atoms with Gasteiger partial charge in [-0.15, -0.1) is 0 Å². The fraction of sp³-hybridized carbons (Fsp3) is 0.0755. The Morgan fingerprint density at radius 2 is 1.13 bits per heavy atom. The molecule has 3 aliphatic rings. The van der Waals surface area contributed by atoms with Gasteiger partial charge in [0.25, 0.3) is 0 Å². The van der Waals surface area contributed by atoms with E-state index in [9.17, 15) is 0 Å². The first-order valence-corrected chi connectivity index (χ1v) is 19.2. The number of anilines is 1. The fourth-order valence-corrected chi connectivity index (χ4v) is 9.71. The summed E-state index contributed by atoms with van der Waals surface area (Å²) in [5, 5.41) is 6.12. The average Bonchev–Trinajstić information content (AvgIpc) is 3.51. The maximum Gasteiger partial charge on any atom is 0.0715 e. The Labute approximate surface area is 321 Å². The van der Waals surface area contributed by atoms with Gasteiger partial charge in [0.15, 0.2) is 0 Å². The fourth-order valence-electron chi connectivity index (χ4n) is 9.71. The van der Waals surface area contributed by atoms with Crippen molar-refractivity contribution >= 4 is 33.1 Å². The third-order valence-corrected chi connectivity index (χ3v) is 12.0. The summed E-state index contributed by atoms with van der Waals surface area (Å²) < 4.78 is 0. The van der Waals surface area contributed by atoms with Gasteiger partial charge >= 0.3 is 0 Å². The zero-order chi connectivity index (χ0) is 36.7. The lowest BCUT2D eigenvalue weighted by Gasteiger charge is -2.35. The van der Waals surface area contributed by atoms with Gasteiger partial charge in [0.2, 0.25) is 0 Å². The number of aryl methyl sites for hydroxylation is 2. The van der Waals surface area contributed by atoms with Crippen LogP contribution >= 0.6 is 0 Å². The van der Waals surface area contributed by atoms with Crippen LogP contribution in [-0.4, -0.2) is 11.0 Å². The molecular formula is C53H38N2. The molecule has 0 radical (unpaired) electrons. The van der Waals surface area contributed by atoms with Crippen molar-refractivity contribution in [3.8, 4) is 22.3 Å². The normalized spacial score (nSPS) is 16.1. The van der Waals surface area contributed by atoms with E-state index in [1.165, 1.54) is 83.6 Å². The van der Waals surface area contributed by atoms with E-state index in [4.69, 9.17) is 4.98 Å². The largest absolute Gasteiger partial charge is 0.374 e. The highest BCUT2D eigenvalue weighted by Gasteiger charge is 2.47. The first-order valence-electron chi connectivity index (χ1n) is 19.2. The Morgan fingerprint density at radius 1 is 0.527 bits per heavy atom. The molecular weight excluding hydrogens is 665 g/mol. The lowest BCUT2D eigenvalue weighted by molar-refractivity contribution is 0.766. The van der Waals surface area contributed by atoms with Crippen molar-refractivity contribution in [3.05, 3.63) is 232 Å². The van der Waals surface area contributed by atoms with Crippen molar-refractivity contribution in [1.29, 1.82) is 0 Å². The molecule has 2 heterocycles. The zero-order valence-electron chi connectivity index (χ0n) is 30.8. The maximum absolute atomic E-state index is 5.09. The van der Waals surface area contributed by atoms with Crippen molar-refractivity contribution in [1.82, 2.24) is 4.98 Å². The molecule has 55 heavy (non-hydrogen) atoms. The van der Waals surface area contributed by atoms with Crippen LogP contribution in [0.4, 0.5) is 5.69 Å². The molecule has 1 aliphatic heterocycles. The summed E-state index contributed by atoms with van der Waals surface area (Å²) in [7, 11) is 0. The highest BCUT2D eigenvalue weighted by molar-refractivity contribution is 6.10. The number of allylic oxidation sites excluding steroid dienone is 2. The zero-order valence-corrected chi connectivity index (χ0v) is 30.8. The maximum atomic E-state index is 5.09. The monoisotopic (exact) mass is 702 g/mol.